The lowest BCUT2D eigenvalue weighted by molar-refractivity contribution is -0.385. The fourth-order valence-electron chi connectivity index (χ4n) is 2.01. The van der Waals surface area contributed by atoms with Crippen molar-refractivity contribution in [1.82, 2.24) is 0 Å². The van der Waals surface area contributed by atoms with Crippen LogP contribution in [0.3, 0.4) is 0 Å². The summed E-state index contributed by atoms with van der Waals surface area (Å²) in [6, 6.07) is 10.3. The summed E-state index contributed by atoms with van der Waals surface area (Å²) >= 11 is 0. The zero-order valence-corrected chi connectivity index (χ0v) is 13.5. The minimum absolute atomic E-state index is 0.0354. The van der Waals surface area contributed by atoms with Gasteiger partial charge >= 0.3 is 0 Å². The van der Waals surface area contributed by atoms with Gasteiger partial charge in [0, 0.05) is 17.8 Å². The van der Waals surface area contributed by atoms with Crippen LogP contribution in [0.5, 0.6) is 5.75 Å². The van der Waals surface area contributed by atoms with Gasteiger partial charge in [0.2, 0.25) is 0 Å². The SMILES string of the molecule is CCc1ccc(NS(=O)(=O)c2cc([N+](=O)[O-])ccc2OC)cc1. The van der Waals surface area contributed by atoms with E-state index < -0.39 is 14.9 Å². The molecule has 0 aliphatic heterocycles. The smallest absolute Gasteiger partial charge is 0.271 e. The maximum atomic E-state index is 12.5. The predicted octanol–water partition coefficient (Wildman–Crippen LogP) is 2.97. The molecule has 23 heavy (non-hydrogen) atoms. The van der Waals surface area contributed by atoms with Crippen molar-refractivity contribution in [3.05, 3.63) is 58.1 Å². The Morgan fingerprint density at radius 3 is 2.35 bits per heavy atom. The lowest BCUT2D eigenvalue weighted by atomic mass is 10.2. The maximum absolute atomic E-state index is 12.5. The number of sulfonamides is 1. The summed E-state index contributed by atoms with van der Waals surface area (Å²) in [5.41, 5.74) is 1.11. The average molecular weight is 336 g/mol. The molecule has 0 fully saturated rings. The molecule has 0 aliphatic carbocycles. The highest BCUT2D eigenvalue weighted by Crippen LogP contribution is 2.29. The number of nitro groups is 1. The number of benzene rings is 2. The van der Waals surface area contributed by atoms with Crippen molar-refractivity contribution >= 4 is 21.4 Å². The highest BCUT2D eigenvalue weighted by Gasteiger charge is 2.23. The highest BCUT2D eigenvalue weighted by molar-refractivity contribution is 7.92. The third-order valence-corrected chi connectivity index (χ3v) is 4.66. The molecular formula is C15H16N2O5S. The van der Waals surface area contributed by atoms with Gasteiger partial charge in [-0.2, -0.15) is 0 Å². The molecule has 2 aromatic rings. The van der Waals surface area contributed by atoms with E-state index in [9.17, 15) is 18.5 Å². The van der Waals surface area contributed by atoms with E-state index in [1.54, 1.807) is 12.1 Å². The first-order chi connectivity index (χ1) is 10.9. The third-order valence-electron chi connectivity index (χ3n) is 3.26. The quantitative estimate of drug-likeness (QED) is 0.646. The molecule has 8 heteroatoms. The number of hydrogen-bond donors (Lipinski definition) is 1. The van der Waals surface area contributed by atoms with Crippen LogP contribution >= 0.6 is 0 Å². The zero-order valence-electron chi connectivity index (χ0n) is 12.6. The number of ether oxygens (including phenoxy) is 1. The van der Waals surface area contributed by atoms with E-state index in [1.165, 1.54) is 19.2 Å². The Hall–Kier alpha value is -2.61. The molecule has 7 nitrogen and oxygen atoms in total. The Morgan fingerprint density at radius 1 is 1.17 bits per heavy atom. The highest BCUT2D eigenvalue weighted by atomic mass is 32.2. The molecule has 0 heterocycles. The summed E-state index contributed by atoms with van der Waals surface area (Å²) in [5, 5.41) is 10.9. The Morgan fingerprint density at radius 2 is 1.83 bits per heavy atom. The molecule has 0 radical (unpaired) electrons. The molecule has 0 aromatic heterocycles. The van der Waals surface area contributed by atoms with Gasteiger partial charge in [0.1, 0.15) is 10.6 Å². The molecule has 0 atom stereocenters. The van der Waals surface area contributed by atoms with Crippen molar-refractivity contribution in [2.24, 2.45) is 0 Å². The monoisotopic (exact) mass is 336 g/mol. The predicted molar refractivity (Wildman–Crippen MR) is 86.3 cm³/mol. The number of aryl methyl sites for hydroxylation is 1. The first kappa shape index (κ1) is 16.8. The molecule has 0 aliphatic rings. The van der Waals surface area contributed by atoms with Gasteiger partial charge in [0.05, 0.1) is 12.0 Å². The lowest BCUT2D eigenvalue weighted by Gasteiger charge is -2.11. The Balaban J connectivity index is 2.41. The first-order valence-electron chi connectivity index (χ1n) is 6.81. The standard InChI is InChI=1S/C15H16N2O5S/c1-3-11-4-6-12(7-5-11)16-23(20,21)15-10-13(17(18)19)8-9-14(15)22-2/h4-10,16H,3H2,1-2H3. The second-order valence-electron chi connectivity index (χ2n) is 4.75. The van der Waals surface area contributed by atoms with Crippen LogP contribution in [0.4, 0.5) is 11.4 Å². The van der Waals surface area contributed by atoms with E-state index >= 15 is 0 Å². The fourth-order valence-corrected chi connectivity index (χ4v) is 3.26. The van der Waals surface area contributed by atoms with Gasteiger partial charge < -0.3 is 4.74 Å². The van der Waals surface area contributed by atoms with Crippen LogP contribution in [-0.4, -0.2) is 20.5 Å². The minimum Gasteiger partial charge on any atom is -0.495 e. The minimum atomic E-state index is -4.01. The van der Waals surface area contributed by atoms with Gasteiger partial charge in [-0.25, -0.2) is 8.42 Å². The van der Waals surface area contributed by atoms with Crippen molar-refractivity contribution in [3.8, 4) is 5.75 Å². The Kier molecular flexibility index (Phi) is 4.85. The number of rotatable bonds is 6. The molecule has 0 spiro atoms. The van der Waals surface area contributed by atoms with Crippen LogP contribution in [0.1, 0.15) is 12.5 Å². The number of non-ortho nitro benzene ring substituents is 1. The van der Waals surface area contributed by atoms with Crippen molar-refractivity contribution < 1.29 is 18.1 Å². The molecule has 2 rings (SSSR count). The number of methoxy groups -OCH3 is 1. The average Bonchev–Trinajstić information content (AvgIpc) is 2.54. The van der Waals surface area contributed by atoms with Crippen LogP contribution in [-0.2, 0) is 16.4 Å². The van der Waals surface area contributed by atoms with Gasteiger partial charge in [0.15, 0.2) is 0 Å². The fraction of sp³-hybridized carbons (Fsp3) is 0.200. The van der Waals surface area contributed by atoms with Crippen molar-refractivity contribution in [2.75, 3.05) is 11.8 Å². The maximum Gasteiger partial charge on any atom is 0.271 e. The Labute approximate surface area is 134 Å². The number of nitrogens with one attached hydrogen (secondary N) is 1. The number of nitro benzene ring substituents is 1. The topological polar surface area (TPSA) is 98.5 Å². The second kappa shape index (κ2) is 6.66. The molecule has 0 unspecified atom stereocenters. The van der Waals surface area contributed by atoms with Crippen molar-refractivity contribution in [3.63, 3.8) is 0 Å². The number of anilines is 1. The van der Waals surface area contributed by atoms with Crippen LogP contribution in [0.15, 0.2) is 47.4 Å². The lowest BCUT2D eigenvalue weighted by Crippen LogP contribution is -2.14. The number of nitrogens with zero attached hydrogens (tertiary/aromatic N) is 1. The second-order valence-corrected chi connectivity index (χ2v) is 6.40. The van der Waals surface area contributed by atoms with Gasteiger partial charge in [-0.3, -0.25) is 14.8 Å². The third kappa shape index (κ3) is 3.78. The van der Waals surface area contributed by atoms with E-state index in [1.807, 2.05) is 19.1 Å². The summed E-state index contributed by atoms with van der Waals surface area (Å²) in [4.78, 5) is 9.92. The molecule has 2 aromatic carbocycles. The summed E-state index contributed by atoms with van der Waals surface area (Å²) < 4.78 is 32.4. The van der Waals surface area contributed by atoms with Crippen molar-refractivity contribution in [2.45, 2.75) is 18.2 Å². The molecule has 1 N–H and O–H groups in total. The van der Waals surface area contributed by atoms with E-state index in [-0.39, 0.29) is 16.3 Å². The largest absolute Gasteiger partial charge is 0.495 e. The Bertz CT molecular complexity index is 816. The van der Waals surface area contributed by atoms with Crippen LogP contribution in [0.25, 0.3) is 0 Å². The molecule has 0 bridgehead atoms. The molecule has 0 amide bonds. The van der Waals surface area contributed by atoms with Crippen LogP contribution < -0.4 is 9.46 Å². The van der Waals surface area contributed by atoms with Crippen LogP contribution in [0, 0.1) is 10.1 Å². The summed E-state index contributed by atoms with van der Waals surface area (Å²) in [6.07, 6.45) is 0.839. The summed E-state index contributed by atoms with van der Waals surface area (Å²) in [5.74, 6) is 0.0354. The normalized spacial score (nSPS) is 11.0. The van der Waals surface area contributed by atoms with E-state index in [0.717, 1.165) is 18.1 Å². The molecule has 122 valence electrons. The zero-order chi connectivity index (χ0) is 17.0. The van der Waals surface area contributed by atoms with Gasteiger partial charge in [-0.15, -0.1) is 0 Å². The molecular weight excluding hydrogens is 320 g/mol. The summed E-state index contributed by atoms with van der Waals surface area (Å²) in [7, 11) is -2.71. The van der Waals surface area contributed by atoms with Crippen molar-refractivity contribution in [1.29, 1.82) is 0 Å². The van der Waals surface area contributed by atoms with E-state index in [4.69, 9.17) is 4.74 Å². The van der Waals surface area contributed by atoms with Crippen LogP contribution in [0.2, 0.25) is 0 Å². The first-order valence-corrected chi connectivity index (χ1v) is 8.30. The van der Waals surface area contributed by atoms with Gasteiger partial charge in [-0.1, -0.05) is 19.1 Å². The van der Waals surface area contributed by atoms with E-state index in [0.29, 0.717) is 5.69 Å². The number of hydrogen-bond acceptors (Lipinski definition) is 5. The van der Waals surface area contributed by atoms with E-state index in [2.05, 4.69) is 4.72 Å². The molecule has 0 saturated carbocycles. The van der Waals surface area contributed by atoms with Gasteiger partial charge in [0.25, 0.3) is 15.7 Å². The molecule has 0 saturated heterocycles. The van der Waals surface area contributed by atoms with Gasteiger partial charge in [-0.05, 0) is 30.2 Å². The summed E-state index contributed by atoms with van der Waals surface area (Å²) in [6.45, 7) is 1.99.